The van der Waals surface area contributed by atoms with E-state index in [0.717, 1.165) is 4.90 Å². The lowest BCUT2D eigenvalue weighted by Crippen LogP contribution is -2.31. The second-order valence-corrected chi connectivity index (χ2v) is 5.83. The Hall–Kier alpha value is -3.48. The van der Waals surface area contributed by atoms with Gasteiger partial charge in [0.2, 0.25) is 0 Å². The quantitative estimate of drug-likeness (QED) is 0.442. The number of hydrogen-bond donors (Lipinski definition) is 0. The highest BCUT2D eigenvalue weighted by Gasteiger charge is 2.34. The number of fused-ring (bicyclic) bond motifs is 1. The maximum Gasteiger partial charge on any atom is 0.339 e. The Bertz CT molecular complexity index is 885. The molecular weight excluding hydrogens is 350 g/mol. The Kier molecular flexibility index (Phi) is 5.30. The first-order valence-electron chi connectivity index (χ1n) is 8.34. The molecule has 2 amide bonds. The van der Waals surface area contributed by atoms with Gasteiger partial charge in [-0.15, -0.1) is 0 Å². The second-order valence-electron chi connectivity index (χ2n) is 5.83. The Morgan fingerprint density at radius 1 is 0.852 bits per heavy atom. The van der Waals surface area contributed by atoms with E-state index in [2.05, 4.69) is 4.74 Å². The van der Waals surface area contributed by atoms with Gasteiger partial charge in [-0.05, 0) is 30.7 Å². The summed E-state index contributed by atoms with van der Waals surface area (Å²) in [5, 5.41) is 0. The molecule has 0 aromatic heterocycles. The van der Waals surface area contributed by atoms with Crippen LogP contribution in [0.4, 0.5) is 0 Å². The van der Waals surface area contributed by atoms with E-state index in [1.165, 1.54) is 19.2 Å². The lowest BCUT2D eigenvalue weighted by Gasteiger charge is -2.14. The summed E-state index contributed by atoms with van der Waals surface area (Å²) in [6.07, 6.45) is 0.289. The first kappa shape index (κ1) is 18.3. The molecule has 0 spiro atoms. The summed E-state index contributed by atoms with van der Waals surface area (Å²) in [6, 6.07) is 12.8. The minimum Gasteiger partial charge on any atom is -0.465 e. The van der Waals surface area contributed by atoms with Gasteiger partial charge in [0.05, 0.1) is 36.0 Å². The normalized spacial score (nSPS) is 12.7. The van der Waals surface area contributed by atoms with Crippen LogP contribution in [0.25, 0.3) is 0 Å². The number of carbonyl (C=O) groups is 4. The minimum atomic E-state index is -0.668. The van der Waals surface area contributed by atoms with Crippen molar-refractivity contribution in [3.05, 3.63) is 70.8 Å². The van der Waals surface area contributed by atoms with Crippen LogP contribution in [0.3, 0.4) is 0 Å². The number of methoxy groups -OCH3 is 1. The Balaban J connectivity index is 1.56. The average Bonchev–Trinajstić information content (AvgIpc) is 2.95. The third kappa shape index (κ3) is 3.57. The Morgan fingerprint density at radius 2 is 1.37 bits per heavy atom. The van der Waals surface area contributed by atoms with Crippen LogP contribution in [-0.4, -0.2) is 48.9 Å². The molecule has 0 bridgehead atoms. The molecule has 0 N–H and O–H groups in total. The van der Waals surface area contributed by atoms with Gasteiger partial charge in [0.15, 0.2) is 0 Å². The summed E-state index contributed by atoms with van der Waals surface area (Å²) in [7, 11) is 1.23. The van der Waals surface area contributed by atoms with Crippen LogP contribution in [0.15, 0.2) is 48.5 Å². The first-order valence-corrected chi connectivity index (χ1v) is 8.34. The monoisotopic (exact) mass is 367 g/mol. The van der Waals surface area contributed by atoms with Crippen LogP contribution >= 0.6 is 0 Å². The molecule has 0 radical (unpaired) electrons. The zero-order valence-corrected chi connectivity index (χ0v) is 14.6. The van der Waals surface area contributed by atoms with E-state index in [-0.39, 0.29) is 42.5 Å². The van der Waals surface area contributed by atoms with Crippen molar-refractivity contribution < 1.29 is 28.7 Å². The molecule has 1 aliphatic heterocycles. The number of rotatable bonds is 6. The molecule has 7 nitrogen and oxygen atoms in total. The van der Waals surface area contributed by atoms with Gasteiger partial charge >= 0.3 is 11.9 Å². The number of carbonyl (C=O) groups excluding carboxylic acids is 4. The average molecular weight is 367 g/mol. The summed E-state index contributed by atoms with van der Waals surface area (Å²) >= 11 is 0. The molecule has 1 heterocycles. The summed E-state index contributed by atoms with van der Waals surface area (Å²) < 4.78 is 9.82. The molecule has 1 aliphatic rings. The van der Waals surface area contributed by atoms with Gasteiger partial charge in [0.25, 0.3) is 11.8 Å². The smallest absolute Gasteiger partial charge is 0.339 e. The number of imide groups is 1. The molecule has 2 aromatic carbocycles. The number of ether oxygens (including phenoxy) is 2. The van der Waals surface area contributed by atoms with E-state index in [1.807, 2.05) is 0 Å². The van der Waals surface area contributed by atoms with E-state index in [4.69, 9.17) is 4.74 Å². The van der Waals surface area contributed by atoms with E-state index >= 15 is 0 Å². The number of nitrogens with zero attached hydrogens (tertiary/aromatic N) is 1. The molecular formula is C20H17NO6. The van der Waals surface area contributed by atoms with Gasteiger partial charge in [-0.1, -0.05) is 24.3 Å². The van der Waals surface area contributed by atoms with Crippen molar-refractivity contribution in [1.82, 2.24) is 4.90 Å². The Labute approximate surface area is 155 Å². The van der Waals surface area contributed by atoms with Crippen LogP contribution in [-0.2, 0) is 9.47 Å². The molecule has 0 unspecified atom stereocenters. The maximum atomic E-state index is 12.3. The van der Waals surface area contributed by atoms with Gasteiger partial charge in [0.1, 0.15) is 0 Å². The van der Waals surface area contributed by atoms with Crippen molar-refractivity contribution in [2.45, 2.75) is 6.42 Å². The van der Waals surface area contributed by atoms with E-state index in [9.17, 15) is 19.2 Å². The molecule has 0 saturated carbocycles. The first-order chi connectivity index (χ1) is 13.0. The summed E-state index contributed by atoms with van der Waals surface area (Å²) in [5.41, 5.74) is 0.980. The molecule has 0 aliphatic carbocycles. The van der Waals surface area contributed by atoms with Gasteiger partial charge in [0, 0.05) is 6.54 Å². The van der Waals surface area contributed by atoms with Crippen molar-refractivity contribution in [3.63, 3.8) is 0 Å². The van der Waals surface area contributed by atoms with Crippen LogP contribution in [0.2, 0.25) is 0 Å². The minimum absolute atomic E-state index is 0.00173. The molecule has 0 atom stereocenters. The van der Waals surface area contributed by atoms with Crippen LogP contribution < -0.4 is 0 Å². The van der Waals surface area contributed by atoms with Gasteiger partial charge in [-0.3, -0.25) is 14.5 Å². The fourth-order valence-corrected chi connectivity index (χ4v) is 2.86. The predicted octanol–water partition coefficient (Wildman–Crippen LogP) is 2.32. The number of esters is 2. The summed E-state index contributed by atoms with van der Waals surface area (Å²) in [5.74, 6) is -2.00. The zero-order chi connectivity index (χ0) is 19.4. The van der Waals surface area contributed by atoms with Crippen molar-refractivity contribution in [2.24, 2.45) is 0 Å². The lowest BCUT2D eigenvalue weighted by atomic mass is 10.1. The van der Waals surface area contributed by atoms with Crippen molar-refractivity contribution >= 4 is 23.8 Å². The van der Waals surface area contributed by atoms with Crippen LogP contribution in [0.1, 0.15) is 47.9 Å². The number of hydrogen-bond acceptors (Lipinski definition) is 6. The standard InChI is InChI=1S/C20H17NO6/c1-26-19(24)15-9-4-5-10-16(15)20(25)27-12-6-11-21-17(22)13-7-2-3-8-14(13)18(21)23/h2-5,7-10H,6,11-12H2,1H3. The van der Waals surface area contributed by atoms with Crippen molar-refractivity contribution in [2.75, 3.05) is 20.3 Å². The Morgan fingerprint density at radius 3 is 1.93 bits per heavy atom. The summed E-state index contributed by atoms with van der Waals surface area (Å²) in [6.45, 7) is 0.139. The highest BCUT2D eigenvalue weighted by molar-refractivity contribution is 6.21. The number of amides is 2. The second kappa shape index (κ2) is 7.82. The van der Waals surface area contributed by atoms with Crippen molar-refractivity contribution in [1.29, 1.82) is 0 Å². The number of benzene rings is 2. The van der Waals surface area contributed by atoms with E-state index in [0.29, 0.717) is 11.1 Å². The summed E-state index contributed by atoms with van der Waals surface area (Å²) in [4.78, 5) is 49.6. The van der Waals surface area contributed by atoms with Crippen LogP contribution in [0, 0.1) is 0 Å². The SMILES string of the molecule is COC(=O)c1ccccc1C(=O)OCCCN1C(=O)c2ccccc2C1=O. The molecule has 138 valence electrons. The molecule has 2 aromatic rings. The predicted molar refractivity (Wildman–Crippen MR) is 94.5 cm³/mol. The third-order valence-corrected chi connectivity index (χ3v) is 4.19. The molecule has 0 saturated heterocycles. The maximum absolute atomic E-state index is 12.3. The molecule has 27 heavy (non-hydrogen) atoms. The van der Waals surface area contributed by atoms with Crippen LogP contribution in [0.5, 0.6) is 0 Å². The fraction of sp³-hybridized carbons (Fsp3) is 0.200. The van der Waals surface area contributed by atoms with Gasteiger partial charge < -0.3 is 9.47 Å². The molecule has 0 fully saturated rings. The fourth-order valence-electron chi connectivity index (χ4n) is 2.86. The lowest BCUT2D eigenvalue weighted by molar-refractivity contribution is 0.0465. The highest BCUT2D eigenvalue weighted by Crippen LogP contribution is 2.22. The third-order valence-electron chi connectivity index (χ3n) is 4.19. The topological polar surface area (TPSA) is 90.0 Å². The van der Waals surface area contributed by atoms with E-state index in [1.54, 1.807) is 36.4 Å². The zero-order valence-electron chi connectivity index (χ0n) is 14.6. The van der Waals surface area contributed by atoms with Gasteiger partial charge in [-0.2, -0.15) is 0 Å². The highest BCUT2D eigenvalue weighted by atomic mass is 16.5. The molecule has 7 heteroatoms. The molecule has 3 rings (SSSR count). The van der Waals surface area contributed by atoms with E-state index < -0.39 is 11.9 Å². The largest absolute Gasteiger partial charge is 0.465 e. The van der Waals surface area contributed by atoms with Crippen molar-refractivity contribution in [3.8, 4) is 0 Å². The van der Waals surface area contributed by atoms with Gasteiger partial charge in [-0.25, -0.2) is 9.59 Å².